The molecule has 0 aromatic carbocycles. The Labute approximate surface area is 67.7 Å². The van der Waals surface area contributed by atoms with Crippen LogP contribution in [0.15, 0.2) is 0 Å². The summed E-state index contributed by atoms with van der Waals surface area (Å²) in [5.74, 6) is -0.215. The molecule has 2 radical (unpaired) electrons. The molecule has 0 aromatic heterocycles. The summed E-state index contributed by atoms with van der Waals surface area (Å²) in [6.07, 6.45) is 4.57. The molecule has 2 unspecified atom stereocenters. The Bertz CT molecular complexity index is 151. The molecule has 0 bridgehead atoms. The van der Waals surface area contributed by atoms with Crippen molar-refractivity contribution in [1.29, 1.82) is 0 Å². The van der Waals surface area contributed by atoms with Gasteiger partial charge in [0.25, 0.3) is 0 Å². The second-order valence-electron chi connectivity index (χ2n) is 3.15. The van der Waals surface area contributed by atoms with Crippen molar-refractivity contribution in [2.45, 2.75) is 44.0 Å². The van der Waals surface area contributed by atoms with Crippen LogP contribution < -0.4 is 0 Å². The predicted molar refractivity (Wildman–Crippen MR) is 43.4 cm³/mol. The second-order valence-corrected chi connectivity index (χ2v) is 3.15. The van der Waals surface area contributed by atoms with Crippen molar-refractivity contribution in [3.63, 3.8) is 0 Å². The number of hydrogen-bond acceptors (Lipinski definition) is 2. The van der Waals surface area contributed by atoms with Crippen molar-refractivity contribution in [3.8, 4) is 0 Å². The fourth-order valence-electron chi connectivity index (χ4n) is 1.58. The Kier molecular flexibility index (Phi) is 2.91. The zero-order valence-corrected chi connectivity index (χ0v) is 6.53. The quantitative estimate of drug-likeness (QED) is 0.248. The molecule has 3 nitrogen and oxygen atoms in total. The van der Waals surface area contributed by atoms with E-state index in [0.717, 1.165) is 25.7 Å². The highest BCUT2D eigenvalue weighted by Crippen LogP contribution is 2.26. The molecule has 1 aliphatic rings. The molecule has 0 amide bonds. The minimum atomic E-state index is -0.488. The first-order valence-corrected chi connectivity index (χ1v) is 4.11. The van der Waals surface area contributed by atoms with Crippen LogP contribution in [0.1, 0.15) is 32.1 Å². The summed E-state index contributed by atoms with van der Waals surface area (Å²) < 4.78 is 0. The Balaban J connectivity index is 2.52. The summed E-state index contributed by atoms with van der Waals surface area (Å²) in [5.41, 5.74) is 0. The number of hydrogen-bond donors (Lipinski definition) is 0. The lowest BCUT2D eigenvalue weighted by Crippen LogP contribution is -2.24. The van der Waals surface area contributed by atoms with Gasteiger partial charge in [-0.3, -0.25) is 10.1 Å². The summed E-state index contributed by atoms with van der Waals surface area (Å²) in [6.45, 7) is 0. The van der Waals surface area contributed by atoms with Gasteiger partial charge in [-0.25, -0.2) is 0 Å². The van der Waals surface area contributed by atoms with Crippen LogP contribution in [0, 0.1) is 10.1 Å². The molecule has 0 heterocycles. The summed E-state index contributed by atoms with van der Waals surface area (Å²) in [6, 6.07) is -0.488. The van der Waals surface area contributed by atoms with Crippen molar-refractivity contribution < 1.29 is 4.92 Å². The molecular weight excluding hydrogens is 141 g/mol. The molecule has 4 heteroatoms. The van der Waals surface area contributed by atoms with Crippen LogP contribution in [0.4, 0.5) is 0 Å². The van der Waals surface area contributed by atoms with Gasteiger partial charge in [0.05, 0.1) is 7.85 Å². The van der Waals surface area contributed by atoms with Gasteiger partial charge in [-0.15, -0.1) is 0 Å². The van der Waals surface area contributed by atoms with Crippen LogP contribution >= 0.6 is 0 Å². The highest BCUT2D eigenvalue weighted by atomic mass is 16.6. The minimum Gasteiger partial charge on any atom is -0.264 e. The van der Waals surface area contributed by atoms with Gasteiger partial charge in [-0.1, -0.05) is 19.3 Å². The molecule has 1 fully saturated rings. The maximum absolute atomic E-state index is 10.4. The normalized spacial score (nSPS) is 32.7. The van der Waals surface area contributed by atoms with E-state index in [-0.39, 0.29) is 10.7 Å². The predicted octanol–water partition coefficient (Wildman–Crippen LogP) is 1.55. The number of nitrogens with zero attached hydrogens (tertiary/aromatic N) is 1. The lowest BCUT2D eigenvalue weighted by Gasteiger charge is -2.12. The van der Waals surface area contributed by atoms with Crippen LogP contribution in [0.25, 0.3) is 0 Å². The molecule has 1 aliphatic carbocycles. The van der Waals surface area contributed by atoms with Gasteiger partial charge < -0.3 is 0 Å². The molecule has 1 saturated carbocycles. The van der Waals surface area contributed by atoms with Crippen LogP contribution in [-0.2, 0) is 0 Å². The van der Waals surface area contributed by atoms with E-state index in [1.807, 2.05) is 0 Å². The van der Waals surface area contributed by atoms with Gasteiger partial charge in [0.1, 0.15) is 0 Å². The van der Waals surface area contributed by atoms with Crippen LogP contribution in [0.2, 0.25) is 5.82 Å². The number of nitro groups is 1. The highest BCUT2D eigenvalue weighted by molar-refractivity contribution is 6.12. The molecule has 0 N–H and O–H groups in total. The topological polar surface area (TPSA) is 43.1 Å². The largest absolute Gasteiger partial charge is 0.264 e. The van der Waals surface area contributed by atoms with Crippen LogP contribution in [0.5, 0.6) is 0 Å². The molecule has 0 aliphatic heterocycles. The maximum atomic E-state index is 10.4. The minimum absolute atomic E-state index is 0.215. The zero-order chi connectivity index (χ0) is 8.27. The van der Waals surface area contributed by atoms with Crippen molar-refractivity contribution in [2.75, 3.05) is 0 Å². The SMILES string of the molecule is [B]C1CCCCCC1[N+](=O)[O-]. The average Bonchev–Trinajstić information content (AvgIpc) is 2.13. The monoisotopic (exact) mass is 153 g/mol. The van der Waals surface area contributed by atoms with Crippen molar-refractivity contribution in [2.24, 2.45) is 0 Å². The maximum Gasteiger partial charge on any atom is 0.208 e. The molecule has 11 heavy (non-hydrogen) atoms. The van der Waals surface area contributed by atoms with Crippen LogP contribution in [0.3, 0.4) is 0 Å². The summed E-state index contributed by atoms with van der Waals surface area (Å²) in [4.78, 5) is 10.2. The summed E-state index contributed by atoms with van der Waals surface area (Å²) in [7, 11) is 5.64. The van der Waals surface area contributed by atoms with Crippen molar-refractivity contribution in [3.05, 3.63) is 10.1 Å². The number of rotatable bonds is 1. The van der Waals surface area contributed by atoms with Crippen molar-refractivity contribution >= 4 is 7.85 Å². The van der Waals surface area contributed by atoms with Gasteiger partial charge >= 0.3 is 0 Å². The molecule has 0 aromatic rings. The van der Waals surface area contributed by atoms with E-state index < -0.39 is 6.04 Å². The molecule has 0 saturated heterocycles. The standard InChI is InChI=1S/C7H12BNO2/c8-6-4-2-1-3-5-7(6)9(10)11/h6-7H,1-5H2. The summed E-state index contributed by atoms with van der Waals surface area (Å²) >= 11 is 0. The zero-order valence-electron chi connectivity index (χ0n) is 6.53. The third-order valence-electron chi connectivity index (χ3n) is 2.30. The molecule has 1 rings (SSSR count). The second kappa shape index (κ2) is 3.74. The third-order valence-corrected chi connectivity index (χ3v) is 2.30. The van der Waals surface area contributed by atoms with E-state index in [2.05, 4.69) is 0 Å². The average molecular weight is 153 g/mol. The fourth-order valence-corrected chi connectivity index (χ4v) is 1.58. The first-order valence-electron chi connectivity index (χ1n) is 4.11. The first kappa shape index (κ1) is 8.56. The van der Waals surface area contributed by atoms with E-state index in [4.69, 9.17) is 7.85 Å². The molecule has 0 spiro atoms. The van der Waals surface area contributed by atoms with E-state index in [1.54, 1.807) is 0 Å². The molecular formula is C7H12BNO2. The Hall–Kier alpha value is -0.535. The lowest BCUT2D eigenvalue weighted by molar-refractivity contribution is -0.523. The smallest absolute Gasteiger partial charge is 0.208 e. The van der Waals surface area contributed by atoms with Crippen LogP contribution in [-0.4, -0.2) is 18.8 Å². The van der Waals surface area contributed by atoms with Gasteiger partial charge in [-0.05, 0) is 12.2 Å². The first-order chi connectivity index (χ1) is 5.22. The third kappa shape index (κ3) is 2.21. The Morgan fingerprint density at radius 3 is 2.55 bits per heavy atom. The highest BCUT2D eigenvalue weighted by Gasteiger charge is 2.28. The molecule has 60 valence electrons. The van der Waals surface area contributed by atoms with Gasteiger partial charge in [0.2, 0.25) is 6.04 Å². The summed E-state index contributed by atoms with van der Waals surface area (Å²) in [5, 5.41) is 10.4. The molecule has 2 atom stereocenters. The van der Waals surface area contributed by atoms with Gasteiger partial charge in [0, 0.05) is 11.3 Å². The lowest BCUT2D eigenvalue weighted by atomic mass is 9.78. The Morgan fingerprint density at radius 2 is 1.91 bits per heavy atom. The van der Waals surface area contributed by atoms with E-state index in [9.17, 15) is 10.1 Å². The Morgan fingerprint density at radius 1 is 1.27 bits per heavy atom. The van der Waals surface area contributed by atoms with Gasteiger partial charge in [0.15, 0.2) is 0 Å². The van der Waals surface area contributed by atoms with Gasteiger partial charge in [-0.2, -0.15) is 0 Å². The van der Waals surface area contributed by atoms with E-state index >= 15 is 0 Å². The van der Waals surface area contributed by atoms with Crippen molar-refractivity contribution in [1.82, 2.24) is 0 Å². The fraction of sp³-hybridized carbons (Fsp3) is 1.00. The van der Waals surface area contributed by atoms with E-state index in [0.29, 0.717) is 6.42 Å². The van der Waals surface area contributed by atoms with E-state index in [1.165, 1.54) is 0 Å².